The van der Waals surface area contributed by atoms with Crippen LogP contribution in [-0.4, -0.2) is 10.6 Å². The van der Waals surface area contributed by atoms with E-state index in [0.717, 1.165) is 11.1 Å². The Bertz CT molecular complexity index is 560. The van der Waals surface area contributed by atoms with Gasteiger partial charge in [-0.15, -0.1) is 0 Å². The Hall–Kier alpha value is -2.15. The molecule has 0 aromatic heterocycles. The van der Waals surface area contributed by atoms with Crippen LogP contribution in [0.4, 0.5) is 0 Å². The zero-order valence-electron chi connectivity index (χ0n) is 10.7. The van der Waals surface area contributed by atoms with E-state index in [-0.39, 0.29) is 5.78 Å². The summed E-state index contributed by atoms with van der Waals surface area (Å²) in [5.74, 6) is 0.288. The van der Waals surface area contributed by atoms with Gasteiger partial charge in [-0.25, -0.2) is 0 Å². The van der Waals surface area contributed by atoms with Crippen molar-refractivity contribution in [1.29, 1.82) is 0 Å². The third-order valence-electron chi connectivity index (χ3n) is 2.86. The summed E-state index contributed by atoms with van der Waals surface area (Å²) in [6, 6.07) is 16.0. The van der Waals surface area contributed by atoms with E-state index in [2.05, 4.69) is 19.1 Å². The maximum absolute atomic E-state index is 9.96. The lowest BCUT2D eigenvalue weighted by Crippen LogP contribution is -1.95. The molecule has 0 heterocycles. The molecule has 1 heteroatoms. The molecule has 0 atom stereocenters. The highest BCUT2D eigenvalue weighted by Gasteiger charge is 2.06. The van der Waals surface area contributed by atoms with Gasteiger partial charge in [-0.2, -0.15) is 0 Å². The summed E-state index contributed by atoms with van der Waals surface area (Å²) in [6.07, 6.45) is 3.64. The molecule has 0 aliphatic rings. The number of carbonyl (C=O) groups excluding carboxylic acids is 1. The van der Waals surface area contributed by atoms with Crippen LogP contribution in [0.15, 0.2) is 54.6 Å². The van der Waals surface area contributed by atoms with E-state index in [1.807, 2.05) is 49.4 Å². The van der Waals surface area contributed by atoms with Gasteiger partial charge >= 0.3 is 5.78 Å². The minimum Gasteiger partial charge on any atom is -0.273 e. The molecule has 0 bridgehead atoms. The highest BCUT2D eigenvalue weighted by atomic mass is 16.1. The summed E-state index contributed by atoms with van der Waals surface area (Å²) in [5, 5.41) is 0. The third-order valence-corrected chi connectivity index (χ3v) is 2.86. The lowest BCUT2D eigenvalue weighted by molar-refractivity contribution is 0.682. The first-order valence-corrected chi connectivity index (χ1v) is 6.03. The Labute approximate surface area is 108 Å². The standard InChI is InChI=1S/C17H16O/c1-13-3-7-15(8-4-13)9-12-17(18)16-10-5-14(2)6-11-16/h3-12H,1-2H3/p+1/b12-9+. The second kappa shape index (κ2) is 5.46. The second-order valence-corrected chi connectivity index (χ2v) is 4.50. The first-order chi connectivity index (χ1) is 8.65. The fourth-order valence-corrected chi connectivity index (χ4v) is 1.67. The Balaban J connectivity index is 2.11. The molecule has 2 aromatic carbocycles. The largest absolute Gasteiger partial charge is 0.347 e. The molecule has 1 nitrogen and oxygen atoms in total. The molecule has 0 spiro atoms. The van der Waals surface area contributed by atoms with Crippen LogP contribution in [0, 0.1) is 13.8 Å². The van der Waals surface area contributed by atoms with E-state index >= 15 is 0 Å². The minimum absolute atomic E-state index is 0.288. The van der Waals surface area contributed by atoms with Gasteiger partial charge in [-0.05, 0) is 37.6 Å². The van der Waals surface area contributed by atoms with Crippen molar-refractivity contribution >= 4 is 11.9 Å². The van der Waals surface area contributed by atoms with E-state index < -0.39 is 0 Å². The number of benzene rings is 2. The lowest BCUT2D eigenvalue weighted by Gasteiger charge is -1.94. The fourth-order valence-electron chi connectivity index (χ4n) is 1.67. The van der Waals surface area contributed by atoms with Gasteiger partial charge in [0, 0.05) is 6.08 Å². The van der Waals surface area contributed by atoms with Crippen molar-refractivity contribution in [3.8, 4) is 0 Å². The van der Waals surface area contributed by atoms with Crippen molar-refractivity contribution in [1.82, 2.24) is 0 Å². The van der Waals surface area contributed by atoms with Crippen molar-refractivity contribution in [2.24, 2.45) is 0 Å². The summed E-state index contributed by atoms with van der Waals surface area (Å²) < 4.78 is 0. The van der Waals surface area contributed by atoms with Gasteiger partial charge in [0.05, 0.1) is 5.56 Å². The average Bonchev–Trinajstić information content (AvgIpc) is 2.38. The summed E-state index contributed by atoms with van der Waals surface area (Å²) in [6.45, 7) is 4.09. The highest BCUT2D eigenvalue weighted by Crippen LogP contribution is 2.08. The molecule has 2 aromatic rings. The second-order valence-electron chi connectivity index (χ2n) is 4.50. The molecule has 0 radical (unpaired) electrons. The van der Waals surface area contributed by atoms with Crippen LogP contribution in [0.2, 0.25) is 0 Å². The normalized spacial score (nSPS) is 10.8. The van der Waals surface area contributed by atoms with Crippen molar-refractivity contribution < 1.29 is 4.79 Å². The van der Waals surface area contributed by atoms with Crippen LogP contribution in [0.1, 0.15) is 22.3 Å². The van der Waals surface area contributed by atoms with Crippen LogP contribution < -0.4 is 0 Å². The highest BCUT2D eigenvalue weighted by molar-refractivity contribution is 6.07. The van der Waals surface area contributed by atoms with Gasteiger partial charge in [-0.1, -0.05) is 47.5 Å². The fraction of sp³-hybridized carbons (Fsp3) is 0.118. The van der Waals surface area contributed by atoms with E-state index in [0.29, 0.717) is 0 Å². The molecule has 0 saturated carbocycles. The molecule has 90 valence electrons. The quantitative estimate of drug-likeness (QED) is 0.438. The molecular formula is C17H17O+. The van der Waals surface area contributed by atoms with Gasteiger partial charge in [0.2, 0.25) is 0 Å². The van der Waals surface area contributed by atoms with E-state index in [1.54, 1.807) is 6.08 Å². The molecule has 2 rings (SSSR count). The summed E-state index contributed by atoms with van der Waals surface area (Å²) in [7, 11) is 0. The van der Waals surface area contributed by atoms with E-state index in [1.165, 1.54) is 11.1 Å². The maximum atomic E-state index is 9.96. The monoisotopic (exact) mass is 237 g/mol. The smallest absolute Gasteiger partial charge is 0.273 e. The maximum Gasteiger partial charge on any atom is 0.347 e. The number of hydrogen-bond donors (Lipinski definition) is 0. The molecular weight excluding hydrogens is 220 g/mol. The Morgan fingerprint density at radius 1 is 0.833 bits per heavy atom. The zero-order chi connectivity index (χ0) is 13.0. The van der Waals surface area contributed by atoms with Gasteiger partial charge < -0.3 is 0 Å². The van der Waals surface area contributed by atoms with Crippen molar-refractivity contribution in [3.63, 3.8) is 0 Å². The molecule has 18 heavy (non-hydrogen) atoms. The van der Waals surface area contributed by atoms with Crippen LogP contribution in [-0.2, 0) is 0 Å². The zero-order valence-corrected chi connectivity index (χ0v) is 10.7. The van der Waals surface area contributed by atoms with Crippen LogP contribution in [0.3, 0.4) is 0 Å². The third kappa shape index (κ3) is 3.17. The Kier molecular flexibility index (Phi) is 3.73. The number of aryl methyl sites for hydroxylation is 2. The number of ketones is 1. The number of allylic oxidation sites excluding steroid dienone is 1. The molecule has 0 aliphatic heterocycles. The Morgan fingerprint density at radius 3 is 1.89 bits per heavy atom. The SMILES string of the molecule is Cc1ccc(/C=C/C(=[OH+])c2ccc(C)cc2)cc1. The van der Waals surface area contributed by atoms with Crippen LogP contribution in [0.5, 0.6) is 0 Å². The predicted molar refractivity (Wildman–Crippen MR) is 77.4 cm³/mol. The lowest BCUT2D eigenvalue weighted by atomic mass is 10.1. The van der Waals surface area contributed by atoms with Gasteiger partial charge in [0.15, 0.2) is 0 Å². The minimum atomic E-state index is 0.288. The van der Waals surface area contributed by atoms with Crippen LogP contribution >= 0.6 is 0 Å². The topological polar surface area (TPSA) is 21.4 Å². The summed E-state index contributed by atoms with van der Waals surface area (Å²) in [4.78, 5) is 9.96. The first kappa shape index (κ1) is 12.3. The molecule has 0 fully saturated rings. The van der Waals surface area contributed by atoms with E-state index in [4.69, 9.17) is 0 Å². The van der Waals surface area contributed by atoms with Crippen molar-refractivity contribution in [3.05, 3.63) is 76.9 Å². The number of hydrogen-bond acceptors (Lipinski definition) is 0. The van der Waals surface area contributed by atoms with Crippen molar-refractivity contribution in [2.45, 2.75) is 13.8 Å². The molecule has 1 N–H and O–H groups in total. The predicted octanol–water partition coefficient (Wildman–Crippen LogP) is 3.91. The van der Waals surface area contributed by atoms with E-state index in [9.17, 15) is 4.79 Å². The molecule has 0 unspecified atom stereocenters. The Morgan fingerprint density at radius 2 is 1.33 bits per heavy atom. The molecule has 0 amide bonds. The molecule has 0 aliphatic carbocycles. The average molecular weight is 237 g/mol. The first-order valence-electron chi connectivity index (χ1n) is 6.03. The summed E-state index contributed by atoms with van der Waals surface area (Å²) >= 11 is 0. The van der Waals surface area contributed by atoms with Gasteiger partial charge in [0.25, 0.3) is 0 Å². The summed E-state index contributed by atoms with van der Waals surface area (Å²) in [5.41, 5.74) is 4.34. The van der Waals surface area contributed by atoms with Gasteiger partial charge in [0.1, 0.15) is 0 Å². The van der Waals surface area contributed by atoms with Crippen molar-refractivity contribution in [2.75, 3.05) is 0 Å². The molecule has 0 saturated heterocycles. The van der Waals surface area contributed by atoms with Crippen LogP contribution in [0.25, 0.3) is 6.08 Å². The van der Waals surface area contributed by atoms with Gasteiger partial charge in [-0.3, -0.25) is 4.79 Å². The number of rotatable bonds is 3.